The van der Waals surface area contributed by atoms with Crippen LogP contribution in [0.15, 0.2) is 76.0 Å². The first-order chi connectivity index (χ1) is 15.1. The molecule has 0 amide bonds. The molecule has 7 heteroatoms. The van der Waals surface area contributed by atoms with E-state index in [4.69, 9.17) is 9.47 Å². The smallest absolute Gasteiger partial charge is 0.274 e. The zero-order valence-corrected chi connectivity index (χ0v) is 18.9. The van der Waals surface area contributed by atoms with Crippen molar-refractivity contribution in [3.63, 3.8) is 0 Å². The van der Waals surface area contributed by atoms with Crippen LogP contribution in [0.25, 0.3) is 22.1 Å². The van der Waals surface area contributed by atoms with E-state index in [1.54, 1.807) is 11.5 Å². The Labute approximate surface area is 190 Å². The molecule has 5 rings (SSSR count). The van der Waals surface area contributed by atoms with Gasteiger partial charge in [-0.1, -0.05) is 53.8 Å². The molecule has 0 radical (unpaired) electrons. The zero-order chi connectivity index (χ0) is 21.4. The maximum atomic E-state index is 13.0. The predicted octanol–water partition coefficient (Wildman–Crippen LogP) is 4.81. The second kappa shape index (κ2) is 8.17. The molecular weight excluding hydrogens is 476 g/mol. The first-order valence-corrected chi connectivity index (χ1v) is 11.2. The van der Waals surface area contributed by atoms with Crippen LogP contribution in [0.1, 0.15) is 11.1 Å². The number of aromatic nitrogens is 2. The van der Waals surface area contributed by atoms with E-state index in [-0.39, 0.29) is 5.56 Å². The Morgan fingerprint density at radius 3 is 2.68 bits per heavy atom. The van der Waals surface area contributed by atoms with E-state index in [0.29, 0.717) is 27.6 Å². The van der Waals surface area contributed by atoms with E-state index in [9.17, 15) is 4.79 Å². The zero-order valence-electron chi connectivity index (χ0n) is 16.5. The molecule has 0 atom stereocenters. The summed E-state index contributed by atoms with van der Waals surface area (Å²) in [4.78, 5) is 18.3. The SMILES string of the molecule is COc1cc(/C=c2/sc3nc4ccccc4n3c2=O)cc(Br)c1OCc1ccccc1. The molecule has 154 valence electrons. The molecule has 0 N–H and O–H groups in total. The number of fused-ring (bicyclic) bond motifs is 3. The first-order valence-electron chi connectivity index (χ1n) is 9.60. The summed E-state index contributed by atoms with van der Waals surface area (Å²) in [5.41, 5.74) is 3.47. The normalized spacial score (nSPS) is 12.0. The minimum Gasteiger partial charge on any atom is -0.493 e. The van der Waals surface area contributed by atoms with E-state index in [2.05, 4.69) is 20.9 Å². The minimum absolute atomic E-state index is 0.0757. The van der Waals surface area contributed by atoms with Gasteiger partial charge in [-0.2, -0.15) is 0 Å². The summed E-state index contributed by atoms with van der Waals surface area (Å²) >= 11 is 4.96. The number of imidazole rings is 1. The Morgan fingerprint density at radius 2 is 1.87 bits per heavy atom. The van der Waals surface area contributed by atoms with Gasteiger partial charge >= 0.3 is 0 Å². The minimum atomic E-state index is -0.0757. The van der Waals surface area contributed by atoms with Gasteiger partial charge in [-0.25, -0.2) is 9.38 Å². The second-order valence-corrected chi connectivity index (χ2v) is 8.81. The molecule has 5 nitrogen and oxygen atoms in total. The predicted molar refractivity (Wildman–Crippen MR) is 127 cm³/mol. The van der Waals surface area contributed by atoms with Crippen molar-refractivity contribution in [2.75, 3.05) is 7.11 Å². The van der Waals surface area contributed by atoms with Crippen LogP contribution in [0.5, 0.6) is 11.5 Å². The molecule has 0 spiro atoms. The molecule has 0 saturated heterocycles. The van der Waals surface area contributed by atoms with Crippen molar-refractivity contribution in [2.45, 2.75) is 6.61 Å². The average molecular weight is 493 g/mol. The maximum absolute atomic E-state index is 13.0. The number of hydrogen-bond donors (Lipinski definition) is 0. The van der Waals surface area contributed by atoms with Crippen molar-refractivity contribution >= 4 is 49.3 Å². The van der Waals surface area contributed by atoms with Gasteiger partial charge in [0.15, 0.2) is 16.5 Å². The van der Waals surface area contributed by atoms with E-state index in [1.807, 2.05) is 72.8 Å². The van der Waals surface area contributed by atoms with Gasteiger partial charge in [0.1, 0.15) is 6.61 Å². The third kappa shape index (κ3) is 3.71. The summed E-state index contributed by atoms with van der Waals surface area (Å²) in [5.74, 6) is 1.22. The highest BCUT2D eigenvalue weighted by atomic mass is 79.9. The van der Waals surface area contributed by atoms with Crippen molar-refractivity contribution in [3.8, 4) is 11.5 Å². The number of halogens is 1. The van der Waals surface area contributed by atoms with Crippen LogP contribution >= 0.6 is 27.3 Å². The van der Waals surface area contributed by atoms with Crippen LogP contribution in [-0.4, -0.2) is 16.5 Å². The Bertz CT molecular complexity index is 1510. The lowest BCUT2D eigenvalue weighted by Crippen LogP contribution is -2.22. The van der Waals surface area contributed by atoms with Crippen molar-refractivity contribution in [1.29, 1.82) is 0 Å². The van der Waals surface area contributed by atoms with Crippen molar-refractivity contribution in [1.82, 2.24) is 9.38 Å². The molecule has 0 aliphatic carbocycles. The van der Waals surface area contributed by atoms with Gasteiger partial charge in [0.05, 0.1) is 27.1 Å². The van der Waals surface area contributed by atoms with Crippen molar-refractivity contribution in [2.24, 2.45) is 0 Å². The largest absolute Gasteiger partial charge is 0.493 e. The molecule has 0 fully saturated rings. The molecule has 2 aromatic heterocycles. The molecule has 0 bridgehead atoms. The quantitative estimate of drug-likeness (QED) is 0.353. The van der Waals surface area contributed by atoms with Gasteiger partial charge in [0.2, 0.25) is 0 Å². The summed E-state index contributed by atoms with van der Waals surface area (Å²) < 4.78 is 14.6. The second-order valence-electron chi connectivity index (χ2n) is 6.94. The first kappa shape index (κ1) is 19.8. The van der Waals surface area contributed by atoms with Crippen LogP contribution in [0.3, 0.4) is 0 Å². The molecule has 0 saturated carbocycles. The monoisotopic (exact) mass is 492 g/mol. The lowest BCUT2D eigenvalue weighted by Gasteiger charge is -2.13. The number of hydrogen-bond acceptors (Lipinski definition) is 5. The Hall–Kier alpha value is -3.16. The highest BCUT2D eigenvalue weighted by Crippen LogP contribution is 2.37. The van der Waals surface area contributed by atoms with Crippen LogP contribution < -0.4 is 19.6 Å². The number of para-hydroxylation sites is 2. The molecule has 5 aromatic rings. The van der Waals surface area contributed by atoms with Gasteiger partial charge in [-0.3, -0.25) is 4.79 Å². The summed E-state index contributed by atoms with van der Waals surface area (Å²) in [7, 11) is 1.60. The van der Waals surface area contributed by atoms with E-state index in [1.165, 1.54) is 11.3 Å². The van der Waals surface area contributed by atoms with Crippen LogP contribution in [0.2, 0.25) is 0 Å². The van der Waals surface area contributed by atoms with E-state index >= 15 is 0 Å². The average Bonchev–Trinajstić information content (AvgIpc) is 3.29. The van der Waals surface area contributed by atoms with E-state index in [0.717, 1.165) is 26.6 Å². The summed E-state index contributed by atoms with van der Waals surface area (Å²) in [6, 6.07) is 21.4. The van der Waals surface area contributed by atoms with E-state index < -0.39 is 0 Å². The number of benzene rings is 3. The Morgan fingerprint density at radius 1 is 1.10 bits per heavy atom. The van der Waals surface area contributed by atoms with Gasteiger partial charge in [-0.15, -0.1) is 0 Å². The fourth-order valence-electron chi connectivity index (χ4n) is 3.46. The molecular formula is C24H17BrN2O3S. The standard InChI is InChI=1S/C24H17BrN2O3S/c1-29-20-12-16(11-17(25)22(20)30-14-15-7-3-2-4-8-15)13-21-23(28)27-19-10-6-5-9-18(19)26-24(27)31-21/h2-13H,14H2,1H3/b21-13+. The lowest BCUT2D eigenvalue weighted by atomic mass is 10.2. The third-order valence-corrected chi connectivity index (χ3v) is 6.48. The fraction of sp³-hybridized carbons (Fsp3) is 0.0833. The van der Waals surface area contributed by atoms with Gasteiger partial charge < -0.3 is 9.47 Å². The Balaban J connectivity index is 1.53. The number of rotatable bonds is 5. The number of nitrogens with zero attached hydrogens (tertiary/aromatic N) is 2. The van der Waals surface area contributed by atoms with Crippen molar-refractivity contribution in [3.05, 3.63) is 97.2 Å². The summed E-state index contributed by atoms with van der Waals surface area (Å²) in [6.07, 6.45) is 1.85. The molecule has 31 heavy (non-hydrogen) atoms. The number of methoxy groups -OCH3 is 1. The molecule has 0 aliphatic heterocycles. The topological polar surface area (TPSA) is 52.8 Å². The third-order valence-electron chi connectivity index (χ3n) is 4.92. The molecule has 3 aromatic carbocycles. The molecule has 0 unspecified atom stereocenters. The highest BCUT2D eigenvalue weighted by molar-refractivity contribution is 9.10. The van der Waals surface area contributed by atoms with Gasteiger partial charge in [-0.05, 0) is 57.4 Å². The summed E-state index contributed by atoms with van der Waals surface area (Å²) in [5, 5.41) is 0. The van der Waals surface area contributed by atoms with Gasteiger partial charge in [0.25, 0.3) is 5.56 Å². The fourth-order valence-corrected chi connectivity index (χ4v) is 5.02. The highest BCUT2D eigenvalue weighted by Gasteiger charge is 2.13. The lowest BCUT2D eigenvalue weighted by molar-refractivity contribution is 0.282. The molecule has 2 heterocycles. The number of thiazole rings is 1. The van der Waals surface area contributed by atoms with Crippen LogP contribution in [-0.2, 0) is 6.61 Å². The maximum Gasteiger partial charge on any atom is 0.274 e. The van der Waals surface area contributed by atoms with Crippen LogP contribution in [0, 0.1) is 0 Å². The van der Waals surface area contributed by atoms with Gasteiger partial charge in [0, 0.05) is 0 Å². The molecule has 0 aliphatic rings. The van der Waals surface area contributed by atoms with Crippen LogP contribution in [0.4, 0.5) is 0 Å². The Kier molecular flexibility index (Phi) is 5.21. The summed E-state index contributed by atoms with van der Waals surface area (Å²) in [6.45, 7) is 0.429. The number of ether oxygens (including phenoxy) is 2. The van der Waals surface area contributed by atoms with Crippen molar-refractivity contribution < 1.29 is 9.47 Å².